The molecule has 6 heteroatoms. The summed E-state index contributed by atoms with van der Waals surface area (Å²) in [5, 5.41) is 0.653. The molecule has 0 amide bonds. The van der Waals surface area contributed by atoms with E-state index in [4.69, 9.17) is 9.47 Å². The van der Waals surface area contributed by atoms with Gasteiger partial charge in [-0.1, -0.05) is 25.1 Å². The topological polar surface area (TPSA) is 64.2 Å². The lowest BCUT2D eigenvalue weighted by Crippen LogP contribution is -2.06. The second-order valence-corrected chi connectivity index (χ2v) is 6.03. The lowest BCUT2D eigenvalue weighted by atomic mass is 10.2. The predicted molar refractivity (Wildman–Crippen MR) is 90.3 cm³/mol. The number of rotatable bonds is 8. The van der Waals surface area contributed by atoms with Gasteiger partial charge in [-0.05, 0) is 37.6 Å². The van der Waals surface area contributed by atoms with Gasteiger partial charge in [-0.15, -0.1) is 0 Å². The molecule has 0 fully saturated rings. The van der Waals surface area contributed by atoms with Crippen molar-refractivity contribution in [2.75, 3.05) is 13.7 Å². The molecule has 0 bridgehead atoms. The van der Waals surface area contributed by atoms with Crippen LogP contribution in [0.4, 0.5) is 0 Å². The van der Waals surface area contributed by atoms with Gasteiger partial charge in [-0.2, -0.15) is 0 Å². The Labute approximate surface area is 140 Å². The van der Waals surface area contributed by atoms with E-state index in [1.54, 1.807) is 14.0 Å². The van der Waals surface area contributed by atoms with Crippen molar-refractivity contribution in [3.63, 3.8) is 0 Å². The van der Waals surface area contributed by atoms with E-state index in [2.05, 4.69) is 16.9 Å². The van der Waals surface area contributed by atoms with Gasteiger partial charge in [0.1, 0.15) is 16.6 Å². The van der Waals surface area contributed by atoms with Crippen LogP contribution in [0.2, 0.25) is 0 Å². The largest absolute Gasteiger partial charge is 0.497 e. The molecule has 1 aromatic heterocycles. The van der Waals surface area contributed by atoms with Gasteiger partial charge >= 0.3 is 5.97 Å². The maximum atomic E-state index is 12.1. The Morgan fingerprint density at radius 2 is 2.00 bits per heavy atom. The molecule has 2 aromatic rings. The van der Waals surface area contributed by atoms with Crippen molar-refractivity contribution in [2.45, 2.75) is 43.0 Å². The molecule has 124 valence electrons. The van der Waals surface area contributed by atoms with E-state index in [9.17, 15) is 4.79 Å². The fraction of sp³-hybridized carbons (Fsp3) is 0.412. The normalized spacial score (nSPS) is 10.6. The van der Waals surface area contributed by atoms with Gasteiger partial charge in [0.2, 0.25) is 0 Å². The van der Waals surface area contributed by atoms with Gasteiger partial charge in [-0.25, -0.2) is 9.78 Å². The molecule has 0 saturated heterocycles. The zero-order valence-electron chi connectivity index (χ0n) is 13.7. The smallest absolute Gasteiger partial charge is 0.357 e. The number of carbonyl (C=O) groups excluding carboxylic acids is 1. The first kappa shape index (κ1) is 17.4. The summed E-state index contributed by atoms with van der Waals surface area (Å²) in [4.78, 5) is 20.8. The number of ether oxygens (including phenoxy) is 2. The number of nitrogens with zero attached hydrogens (tertiary/aromatic N) is 1. The number of H-pyrrole nitrogens is 1. The molecule has 0 spiro atoms. The Morgan fingerprint density at radius 1 is 1.26 bits per heavy atom. The minimum Gasteiger partial charge on any atom is -0.497 e. The third-order valence-corrected chi connectivity index (χ3v) is 4.24. The minimum atomic E-state index is -0.362. The molecule has 5 nitrogen and oxygen atoms in total. The van der Waals surface area contributed by atoms with Crippen molar-refractivity contribution in [2.24, 2.45) is 0 Å². The van der Waals surface area contributed by atoms with Crippen molar-refractivity contribution in [3.05, 3.63) is 35.8 Å². The van der Waals surface area contributed by atoms with Crippen LogP contribution in [0.5, 0.6) is 5.75 Å². The number of methoxy groups -OCH3 is 1. The average molecular weight is 334 g/mol. The van der Waals surface area contributed by atoms with Gasteiger partial charge in [0.15, 0.2) is 5.69 Å². The van der Waals surface area contributed by atoms with E-state index < -0.39 is 0 Å². The van der Waals surface area contributed by atoms with Crippen LogP contribution in [0.1, 0.15) is 43.0 Å². The minimum absolute atomic E-state index is 0.342. The van der Waals surface area contributed by atoms with Crippen LogP contribution in [0.3, 0.4) is 0 Å². The highest BCUT2D eigenvalue weighted by Crippen LogP contribution is 2.30. The fourth-order valence-corrected chi connectivity index (χ4v) is 2.93. The first-order chi connectivity index (χ1) is 11.2. The summed E-state index contributed by atoms with van der Waals surface area (Å²) >= 11 is 1.44. The van der Waals surface area contributed by atoms with Gasteiger partial charge < -0.3 is 14.5 Å². The van der Waals surface area contributed by atoms with Crippen molar-refractivity contribution in [1.29, 1.82) is 0 Å². The van der Waals surface area contributed by atoms with Crippen molar-refractivity contribution < 1.29 is 14.3 Å². The maximum Gasteiger partial charge on any atom is 0.357 e. The van der Waals surface area contributed by atoms with Crippen LogP contribution < -0.4 is 4.74 Å². The lowest BCUT2D eigenvalue weighted by molar-refractivity contribution is 0.0515. The summed E-state index contributed by atoms with van der Waals surface area (Å²) in [6.45, 7) is 4.26. The molecule has 0 saturated carbocycles. The SMILES string of the molecule is CCCCc1nc(Sc2ccc(OC)cc2)c(C(=O)OCC)[nH]1. The maximum absolute atomic E-state index is 12.1. The van der Waals surface area contributed by atoms with E-state index in [-0.39, 0.29) is 5.97 Å². The Kier molecular flexibility index (Phi) is 6.52. The van der Waals surface area contributed by atoms with Crippen LogP contribution in [0.15, 0.2) is 34.2 Å². The van der Waals surface area contributed by atoms with Gasteiger partial charge in [-0.3, -0.25) is 0 Å². The Morgan fingerprint density at radius 3 is 2.61 bits per heavy atom. The Bertz CT molecular complexity index is 638. The highest BCUT2D eigenvalue weighted by molar-refractivity contribution is 7.99. The number of esters is 1. The molecule has 23 heavy (non-hydrogen) atoms. The summed E-state index contributed by atoms with van der Waals surface area (Å²) in [7, 11) is 1.63. The number of unbranched alkanes of at least 4 members (excludes halogenated alkanes) is 1. The van der Waals surface area contributed by atoms with Gasteiger partial charge in [0.25, 0.3) is 0 Å². The highest BCUT2D eigenvalue weighted by atomic mass is 32.2. The first-order valence-electron chi connectivity index (χ1n) is 7.75. The molecule has 0 radical (unpaired) electrons. The van der Waals surface area contributed by atoms with Crippen LogP contribution in [0, 0.1) is 0 Å². The quantitative estimate of drug-likeness (QED) is 0.737. The molecule has 0 aliphatic carbocycles. The highest BCUT2D eigenvalue weighted by Gasteiger charge is 2.19. The summed E-state index contributed by atoms with van der Waals surface area (Å²) in [5.41, 5.74) is 0.429. The fourth-order valence-electron chi connectivity index (χ4n) is 2.04. The molecular weight excluding hydrogens is 312 g/mol. The van der Waals surface area contributed by atoms with E-state index >= 15 is 0 Å². The first-order valence-corrected chi connectivity index (χ1v) is 8.57. The lowest BCUT2D eigenvalue weighted by Gasteiger charge is -2.03. The Hall–Kier alpha value is -1.95. The summed E-state index contributed by atoms with van der Waals surface area (Å²) < 4.78 is 10.3. The summed E-state index contributed by atoms with van der Waals surface area (Å²) in [5.74, 6) is 1.26. The second kappa shape index (κ2) is 8.62. The molecule has 2 rings (SSSR count). The van der Waals surface area contributed by atoms with E-state index in [0.717, 1.165) is 35.7 Å². The van der Waals surface area contributed by atoms with Crippen molar-refractivity contribution in [3.8, 4) is 5.75 Å². The van der Waals surface area contributed by atoms with Crippen LogP contribution >= 0.6 is 11.8 Å². The number of benzene rings is 1. The average Bonchev–Trinajstić information content (AvgIpc) is 2.97. The summed E-state index contributed by atoms with van der Waals surface area (Å²) in [6.07, 6.45) is 2.94. The third kappa shape index (κ3) is 4.76. The standard InChI is InChI=1S/C17H22N2O3S/c1-4-6-7-14-18-15(17(20)22-5-2)16(19-14)23-13-10-8-12(21-3)9-11-13/h8-11H,4-7H2,1-3H3,(H,18,19). The van der Waals surface area contributed by atoms with E-state index in [1.807, 2.05) is 24.3 Å². The molecular formula is C17H22N2O3S. The van der Waals surface area contributed by atoms with E-state index in [0.29, 0.717) is 17.3 Å². The molecule has 1 aromatic carbocycles. The monoisotopic (exact) mass is 334 g/mol. The predicted octanol–water partition coefficient (Wildman–Crippen LogP) is 4.09. The third-order valence-electron chi connectivity index (χ3n) is 3.24. The van der Waals surface area contributed by atoms with Crippen molar-refractivity contribution in [1.82, 2.24) is 9.97 Å². The van der Waals surface area contributed by atoms with Crippen molar-refractivity contribution >= 4 is 17.7 Å². The van der Waals surface area contributed by atoms with E-state index in [1.165, 1.54) is 11.8 Å². The second-order valence-electron chi connectivity index (χ2n) is 4.97. The number of nitrogens with one attached hydrogen (secondary N) is 1. The summed E-state index contributed by atoms with van der Waals surface area (Å²) in [6, 6.07) is 7.66. The molecule has 1 heterocycles. The number of hydrogen-bond donors (Lipinski definition) is 1. The zero-order valence-corrected chi connectivity index (χ0v) is 14.5. The van der Waals surface area contributed by atoms with Crippen LogP contribution in [-0.4, -0.2) is 29.7 Å². The van der Waals surface area contributed by atoms with Gasteiger partial charge in [0, 0.05) is 11.3 Å². The number of hydrogen-bond acceptors (Lipinski definition) is 5. The van der Waals surface area contributed by atoms with Crippen LogP contribution in [-0.2, 0) is 11.2 Å². The number of aryl methyl sites for hydroxylation is 1. The molecule has 0 unspecified atom stereocenters. The zero-order chi connectivity index (χ0) is 16.7. The molecule has 1 N–H and O–H groups in total. The number of imidazole rings is 1. The number of carbonyl (C=O) groups is 1. The molecule has 0 aliphatic rings. The number of aromatic nitrogens is 2. The molecule has 0 atom stereocenters. The number of aromatic amines is 1. The van der Waals surface area contributed by atoms with Gasteiger partial charge in [0.05, 0.1) is 13.7 Å². The molecule has 0 aliphatic heterocycles. The van der Waals surface area contributed by atoms with Crippen LogP contribution in [0.25, 0.3) is 0 Å². The Balaban J connectivity index is 2.22.